The Morgan fingerprint density at radius 3 is 2.54 bits per heavy atom. The molecule has 2 fully saturated rings. The first-order valence-electron chi connectivity index (χ1n) is 12.3. The number of hydrogen-bond acceptors (Lipinski definition) is 7. The standard InChI is InChI=1S/C26H25Cl2FN6O3S/c1-14-24(28)23(18(27)9-30-14)15(2)38-21-6-17-20(7-19(21)29)32-33-25(17)16-4-5-22(31-8-16)34-10-26(11-34)12-35(13-26)39(3,36)37/h4-9,15H,10-13H2,1-3H3,(H,32,33)/t15-/m1/s1. The highest BCUT2D eigenvalue weighted by Crippen LogP contribution is 2.43. The number of rotatable bonds is 6. The molecule has 0 amide bonds. The van der Waals surface area contributed by atoms with Gasteiger partial charge in [0.25, 0.3) is 0 Å². The van der Waals surface area contributed by atoms with Crippen molar-refractivity contribution in [2.24, 2.45) is 5.41 Å². The zero-order valence-electron chi connectivity index (χ0n) is 21.4. The van der Waals surface area contributed by atoms with Crippen LogP contribution in [-0.4, -0.2) is 65.3 Å². The molecule has 1 aromatic carbocycles. The van der Waals surface area contributed by atoms with Crippen LogP contribution in [-0.2, 0) is 10.0 Å². The molecule has 1 spiro atoms. The Labute approximate surface area is 235 Å². The molecule has 1 N–H and O–H groups in total. The number of aromatic amines is 1. The average molecular weight is 591 g/mol. The third kappa shape index (κ3) is 4.61. The van der Waals surface area contributed by atoms with Gasteiger partial charge in [-0.3, -0.25) is 10.1 Å². The molecule has 13 heteroatoms. The van der Waals surface area contributed by atoms with Gasteiger partial charge in [0.2, 0.25) is 10.0 Å². The zero-order chi connectivity index (χ0) is 27.7. The van der Waals surface area contributed by atoms with E-state index in [1.807, 2.05) is 12.1 Å². The topological polar surface area (TPSA) is 104 Å². The molecule has 3 aromatic heterocycles. The Bertz CT molecular complexity index is 1700. The number of anilines is 1. The van der Waals surface area contributed by atoms with Crippen LogP contribution in [0.5, 0.6) is 5.75 Å². The van der Waals surface area contributed by atoms with Gasteiger partial charge in [-0.05, 0) is 32.0 Å². The molecule has 0 bridgehead atoms. The Hall–Kier alpha value is -2.99. The number of fused-ring (bicyclic) bond motifs is 1. The molecule has 9 nitrogen and oxygen atoms in total. The van der Waals surface area contributed by atoms with Crippen molar-refractivity contribution in [1.29, 1.82) is 0 Å². The summed E-state index contributed by atoms with van der Waals surface area (Å²) in [6.07, 6.45) is 3.84. The van der Waals surface area contributed by atoms with Crippen LogP contribution in [0.3, 0.4) is 0 Å². The highest BCUT2D eigenvalue weighted by Gasteiger charge is 2.54. The monoisotopic (exact) mass is 590 g/mol. The number of H-pyrrole nitrogens is 1. The highest BCUT2D eigenvalue weighted by molar-refractivity contribution is 7.88. The largest absolute Gasteiger partial charge is 0.483 e. The molecule has 204 valence electrons. The second-order valence-corrected chi connectivity index (χ2v) is 13.1. The van der Waals surface area contributed by atoms with Crippen LogP contribution in [0.15, 0.2) is 36.7 Å². The van der Waals surface area contributed by atoms with E-state index in [4.69, 9.17) is 27.9 Å². The van der Waals surface area contributed by atoms with Crippen LogP contribution in [0.2, 0.25) is 10.0 Å². The van der Waals surface area contributed by atoms with E-state index >= 15 is 0 Å². The molecule has 0 saturated carbocycles. The second kappa shape index (κ2) is 9.29. The highest BCUT2D eigenvalue weighted by atomic mass is 35.5. The molecule has 6 rings (SSSR count). The maximum absolute atomic E-state index is 15.0. The van der Waals surface area contributed by atoms with Crippen LogP contribution < -0.4 is 9.64 Å². The summed E-state index contributed by atoms with van der Waals surface area (Å²) in [5, 5.41) is 8.67. The predicted molar refractivity (Wildman–Crippen MR) is 148 cm³/mol. The van der Waals surface area contributed by atoms with Gasteiger partial charge in [0.1, 0.15) is 17.6 Å². The SMILES string of the molecule is Cc1ncc(Cl)c([C@@H](C)Oc2cc3c(-c4ccc(N5CC6(C5)CN(S(C)(=O)=O)C6)nc4)n[nH]c3cc2F)c1Cl. The minimum absolute atomic E-state index is 0.0167. The van der Waals surface area contributed by atoms with E-state index < -0.39 is 21.9 Å². The second-order valence-electron chi connectivity index (χ2n) is 10.4. The van der Waals surface area contributed by atoms with Crippen molar-refractivity contribution in [2.45, 2.75) is 20.0 Å². The lowest BCUT2D eigenvalue weighted by Gasteiger charge is -2.59. The first-order valence-corrected chi connectivity index (χ1v) is 14.9. The molecular formula is C26H25Cl2FN6O3S. The Kier molecular flexibility index (Phi) is 6.25. The van der Waals surface area contributed by atoms with Gasteiger partial charge in [0.05, 0.1) is 27.5 Å². The van der Waals surface area contributed by atoms with Crippen molar-refractivity contribution in [3.63, 3.8) is 0 Å². The number of hydrogen-bond donors (Lipinski definition) is 1. The maximum Gasteiger partial charge on any atom is 0.211 e. The van der Waals surface area contributed by atoms with Crippen molar-refractivity contribution in [2.75, 3.05) is 37.3 Å². The molecular weight excluding hydrogens is 566 g/mol. The fourth-order valence-electron chi connectivity index (χ4n) is 5.31. The summed E-state index contributed by atoms with van der Waals surface area (Å²) >= 11 is 12.7. The van der Waals surface area contributed by atoms with Gasteiger partial charge >= 0.3 is 0 Å². The summed E-state index contributed by atoms with van der Waals surface area (Å²) in [6, 6.07) is 6.77. The molecule has 1 atom stereocenters. The Balaban J connectivity index is 1.21. The molecule has 5 heterocycles. The van der Waals surface area contributed by atoms with E-state index in [9.17, 15) is 12.8 Å². The molecule has 0 radical (unpaired) electrons. The van der Waals surface area contributed by atoms with E-state index in [2.05, 4.69) is 25.1 Å². The number of aromatic nitrogens is 4. The number of aryl methyl sites for hydroxylation is 1. The maximum atomic E-state index is 15.0. The van der Waals surface area contributed by atoms with E-state index in [0.717, 1.165) is 24.5 Å². The van der Waals surface area contributed by atoms with Gasteiger partial charge in [-0.1, -0.05) is 23.2 Å². The van der Waals surface area contributed by atoms with Gasteiger partial charge in [-0.2, -0.15) is 5.10 Å². The lowest BCUT2D eigenvalue weighted by molar-refractivity contribution is 0.0395. The summed E-state index contributed by atoms with van der Waals surface area (Å²) in [6.45, 7) is 6.15. The lowest BCUT2D eigenvalue weighted by Crippen LogP contribution is -2.73. The van der Waals surface area contributed by atoms with Gasteiger partial charge in [-0.15, -0.1) is 0 Å². The van der Waals surface area contributed by atoms with Crippen LogP contribution in [0.25, 0.3) is 22.2 Å². The van der Waals surface area contributed by atoms with E-state index in [-0.39, 0.29) is 11.2 Å². The van der Waals surface area contributed by atoms with Crippen LogP contribution in [0.1, 0.15) is 24.3 Å². The minimum atomic E-state index is -3.13. The van der Waals surface area contributed by atoms with E-state index in [1.165, 1.54) is 22.8 Å². The summed E-state index contributed by atoms with van der Waals surface area (Å²) in [5.74, 6) is 0.304. The van der Waals surface area contributed by atoms with Crippen molar-refractivity contribution in [3.8, 4) is 17.0 Å². The first kappa shape index (κ1) is 26.2. The van der Waals surface area contributed by atoms with E-state index in [1.54, 1.807) is 26.1 Å². The summed E-state index contributed by atoms with van der Waals surface area (Å²) in [7, 11) is -3.13. The summed E-state index contributed by atoms with van der Waals surface area (Å²) in [4.78, 5) is 10.9. The normalized spacial score (nSPS) is 17.7. The van der Waals surface area contributed by atoms with Crippen LogP contribution >= 0.6 is 23.2 Å². The molecule has 39 heavy (non-hydrogen) atoms. The van der Waals surface area contributed by atoms with Crippen molar-refractivity contribution in [3.05, 3.63) is 63.8 Å². The summed E-state index contributed by atoms with van der Waals surface area (Å²) in [5.41, 5.74) is 3.05. The molecule has 0 unspecified atom stereocenters. The first-order chi connectivity index (χ1) is 18.4. The van der Waals surface area contributed by atoms with Crippen molar-refractivity contribution < 1.29 is 17.5 Å². The zero-order valence-corrected chi connectivity index (χ0v) is 23.7. The smallest absolute Gasteiger partial charge is 0.211 e. The third-order valence-electron chi connectivity index (χ3n) is 7.40. The van der Waals surface area contributed by atoms with Gasteiger partial charge in [-0.25, -0.2) is 22.1 Å². The van der Waals surface area contributed by atoms with Gasteiger partial charge in [0, 0.05) is 66.6 Å². The molecule has 4 aromatic rings. The number of pyridine rings is 2. The summed E-state index contributed by atoms with van der Waals surface area (Å²) < 4.78 is 45.8. The molecule has 0 aliphatic carbocycles. The van der Waals surface area contributed by atoms with Crippen molar-refractivity contribution in [1.82, 2.24) is 24.5 Å². The predicted octanol–water partition coefficient (Wildman–Crippen LogP) is 5.00. The fraction of sp³-hybridized carbons (Fsp3) is 0.346. The Morgan fingerprint density at radius 2 is 1.87 bits per heavy atom. The molecule has 2 aliphatic rings. The van der Waals surface area contributed by atoms with Gasteiger partial charge < -0.3 is 9.64 Å². The number of ether oxygens (including phenoxy) is 1. The van der Waals surface area contributed by atoms with Crippen molar-refractivity contribution >= 4 is 49.9 Å². The number of nitrogens with zero attached hydrogens (tertiary/aromatic N) is 5. The molecule has 2 aliphatic heterocycles. The van der Waals surface area contributed by atoms with Gasteiger partial charge in [0.15, 0.2) is 11.6 Å². The lowest BCUT2D eigenvalue weighted by atomic mass is 9.74. The number of benzene rings is 1. The van der Waals surface area contributed by atoms with Crippen LogP contribution in [0.4, 0.5) is 10.2 Å². The van der Waals surface area contributed by atoms with Crippen LogP contribution in [0, 0.1) is 18.2 Å². The molecule has 2 saturated heterocycles. The number of sulfonamides is 1. The number of nitrogens with one attached hydrogen (secondary N) is 1. The average Bonchev–Trinajstić information content (AvgIpc) is 3.22. The number of halogens is 3. The fourth-order valence-corrected chi connectivity index (χ4v) is 6.97. The van der Waals surface area contributed by atoms with E-state index in [0.29, 0.717) is 51.0 Å². The Morgan fingerprint density at radius 1 is 1.13 bits per heavy atom. The quantitative estimate of drug-likeness (QED) is 0.337. The minimum Gasteiger partial charge on any atom is -0.483 e. The third-order valence-corrected chi connectivity index (χ3v) is 9.37.